The van der Waals surface area contributed by atoms with E-state index >= 15 is 0 Å². The van der Waals surface area contributed by atoms with Gasteiger partial charge in [0.15, 0.2) is 0 Å². The molecule has 1 aromatic heterocycles. The van der Waals surface area contributed by atoms with E-state index in [4.69, 9.17) is 4.74 Å². The maximum Gasteiger partial charge on any atom is 0.254 e. The molecule has 2 aromatic rings. The first-order valence-corrected chi connectivity index (χ1v) is 8.37. The lowest BCUT2D eigenvalue weighted by atomic mass is 9.98. The van der Waals surface area contributed by atoms with Crippen molar-refractivity contribution in [1.82, 2.24) is 9.47 Å². The summed E-state index contributed by atoms with van der Waals surface area (Å²) in [4.78, 5) is 26.1. The number of pyridine rings is 1. The second-order valence-electron chi connectivity index (χ2n) is 6.39. The molecule has 132 valence electrons. The van der Waals surface area contributed by atoms with Crippen LogP contribution in [0, 0.1) is 11.7 Å². The van der Waals surface area contributed by atoms with Crippen molar-refractivity contribution in [3.63, 3.8) is 0 Å². The van der Waals surface area contributed by atoms with E-state index in [9.17, 15) is 14.0 Å². The number of benzene rings is 1. The van der Waals surface area contributed by atoms with Crippen LogP contribution in [0.25, 0.3) is 0 Å². The van der Waals surface area contributed by atoms with Gasteiger partial charge in [0.05, 0.1) is 6.61 Å². The number of ether oxygens (including phenoxy) is 1. The smallest absolute Gasteiger partial charge is 0.254 e. The van der Waals surface area contributed by atoms with E-state index in [1.54, 1.807) is 36.3 Å². The third-order valence-electron chi connectivity index (χ3n) is 4.46. The van der Waals surface area contributed by atoms with Crippen molar-refractivity contribution in [2.75, 3.05) is 19.7 Å². The van der Waals surface area contributed by atoms with Crippen LogP contribution in [-0.2, 0) is 7.05 Å². The molecule has 3 rings (SSSR count). The van der Waals surface area contributed by atoms with Crippen LogP contribution in [-0.4, -0.2) is 35.1 Å². The van der Waals surface area contributed by atoms with Crippen LogP contribution < -0.4 is 10.3 Å². The Morgan fingerprint density at radius 2 is 2.04 bits per heavy atom. The van der Waals surface area contributed by atoms with Crippen molar-refractivity contribution >= 4 is 5.91 Å². The van der Waals surface area contributed by atoms with Crippen LogP contribution in [0.5, 0.6) is 5.75 Å². The molecule has 1 atom stereocenters. The maximum absolute atomic E-state index is 12.9. The number of rotatable bonds is 4. The summed E-state index contributed by atoms with van der Waals surface area (Å²) in [6, 6.07) is 8.97. The highest BCUT2D eigenvalue weighted by Gasteiger charge is 2.25. The van der Waals surface area contributed by atoms with Gasteiger partial charge in [-0.2, -0.15) is 0 Å². The number of amides is 1. The van der Waals surface area contributed by atoms with Crippen LogP contribution >= 0.6 is 0 Å². The number of aryl methyl sites for hydroxylation is 1. The fourth-order valence-corrected chi connectivity index (χ4v) is 2.99. The second-order valence-corrected chi connectivity index (χ2v) is 6.39. The lowest BCUT2D eigenvalue weighted by molar-refractivity contribution is 0.0633. The first-order valence-electron chi connectivity index (χ1n) is 8.37. The Morgan fingerprint density at radius 1 is 1.28 bits per heavy atom. The molecule has 1 amide bonds. The van der Waals surface area contributed by atoms with E-state index in [1.807, 2.05) is 0 Å². The molecule has 1 fully saturated rings. The van der Waals surface area contributed by atoms with E-state index in [0.717, 1.165) is 12.8 Å². The fourth-order valence-electron chi connectivity index (χ4n) is 2.99. The van der Waals surface area contributed by atoms with Gasteiger partial charge in [0.2, 0.25) is 0 Å². The third-order valence-corrected chi connectivity index (χ3v) is 4.46. The van der Waals surface area contributed by atoms with Crippen molar-refractivity contribution < 1.29 is 13.9 Å². The summed E-state index contributed by atoms with van der Waals surface area (Å²) in [5, 5.41) is 0. The largest absolute Gasteiger partial charge is 0.493 e. The van der Waals surface area contributed by atoms with Crippen LogP contribution in [0.2, 0.25) is 0 Å². The van der Waals surface area contributed by atoms with Gasteiger partial charge >= 0.3 is 0 Å². The second kappa shape index (κ2) is 7.51. The third kappa shape index (κ3) is 4.26. The molecule has 0 bridgehead atoms. The summed E-state index contributed by atoms with van der Waals surface area (Å²) in [5.41, 5.74) is 0.224. The minimum Gasteiger partial charge on any atom is -0.493 e. The van der Waals surface area contributed by atoms with E-state index < -0.39 is 0 Å². The predicted molar refractivity (Wildman–Crippen MR) is 92.2 cm³/mol. The number of halogens is 1. The minimum atomic E-state index is -0.296. The number of likely N-dealkylation sites (tertiary alicyclic amines) is 1. The normalized spacial score (nSPS) is 17.4. The lowest BCUT2D eigenvalue weighted by Crippen LogP contribution is -2.42. The van der Waals surface area contributed by atoms with Gasteiger partial charge in [0, 0.05) is 43.9 Å². The minimum absolute atomic E-state index is 0.121. The number of hydrogen-bond acceptors (Lipinski definition) is 3. The van der Waals surface area contributed by atoms with Crippen molar-refractivity contribution in [2.45, 2.75) is 12.8 Å². The molecule has 0 spiro atoms. The number of carbonyl (C=O) groups is 1. The molecule has 0 unspecified atom stereocenters. The average molecular weight is 344 g/mol. The zero-order valence-electron chi connectivity index (χ0n) is 14.2. The highest BCUT2D eigenvalue weighted by atomic mass is 19.1. The Bertz CT molecular complexity index is 801. The van der Waals surface area contributed by atoms with E-state index in [1.165, 1.54) is 22.8 Å². The number of piperidine rings is 1. The molecular weight excluding hydrogens is 323 g/mol. The summed E-state index contributed by atoms with van der Waals surface area (Å²) < 4.78 is 20.1. The molecule has 0 saturated carbocycles. The zero-order valence-corrected chi connectivity index (χ0v) is 14.2. The number of carbonyl (C=O) groups excluding carboxylic acids is 1. The number of aromatic nitrogens is 1. The maximum atomic E-state index is 12.9. The average Bonchev–Trinajstić information content (AvgIpc) is 2.63. The van der Waals surface area contributed by atoms with Crippen molar-refractivity contribution in [2.24, 2.45) is 13.0 Å². The standard InChI is InChI=1S/C19H21FN2O3/c1-21-10-8-15(11-18(21)23)19(24)22-9-2-3-14(12-22)13-25-17-6-4-16(20)5-7-17/h4-8,10-11,14H,2-3,9,12-13H2,1H3/t14-/m0/s1. The van der Waals surface area contributed by atoms with Gasteiger partial charge in [-0.1, -0.05) is 0 Å². The molecule has 5 nitrogen and oxygen atoms in total. The highest BCUT2D eigenvalue weighted by molar-refractivity contribution is 5.94. The number of nitrogens with zero attached hydrogens (tertiary/aromatic N) is 2. The molecule has 1 saturated heterocycles. The van der Waals surface area contributed by atoms with Crippen LogP contribution in [0.1, 0.15) is 23.2 Å². The molecule has 0 aliphatic carbocycles. The Morgan fingerprint density at radius 3 is 2.76 bits per heavy atom. The van der Waals surface area contributed by atoms with Gasteiger partial charge in [-0.3, -0.25) is 9.59 Å². The molecule has 1 aliphatic rings. The molecule has 0 radical (unpaired) electrons. The Labute approximate surface area is 145 Å². The topological polar surface area (TPSA) is 51.5 Å². The lowest BCUT2D eigenvalue weighted by Gasteiger charge is -2.32. The van der Waals surface area contributed by atoms with Crippen LogP contribution in [0.3, 0.4) is 0 Å². The summed E-state index contributed by atoms with van der Waals surface area (Å²) in [6.45, 7) is 1.75. The molecule has 2 heterocycles. The first-order chi connectivity index (χ1) is 12.0. The van der Waals surface area contributed by atoms with Crippen LogP contribution in [0.15, 0.2) is 47.4 Å². The van der Waals surface area contributed by atoms with E-state index in [0.29, 0.717) is 31.0 Å². The summed E-state index contributed by atoms with van der Waals surface area (Å²) in [7, 11) is 1.65. The fraction of sp³-hybridized carbons (Fsp3) is 0.368. The van der Waals surface area contributed by atoms with Gasteiger partial charge in [-0.05, 0) is 43.2 Å². The van der Waals surface area contributed by atoms with E-state index in [2.05, 4.69) is 0 Å². The molecule has 25 heavy (non-hydrogen) atoms. The van der Waals surface area contributed by atoms with Crippen molar-refractivity contribution in [1.29, 1.82) is 0 Å². The summed E-state index contributed by atoms with van der Waals surface area (Å²) in [5.74, 6) is 0.422. The number of hydrogen-bond donors (Lipinski definition) is 0. The first kappa shape index (κ1) is 17.2. The van der Waals surface area contributed by atoms with Gasteiger partial charge in [-0.15, -0.1) is 0 Å². The van der Waals surface area contributed by atoms with Crippen molar-refractivity contribution in [3.8, 4) is 5.75 Å². The quantitative estimate of drug-likeness (QED) is 0.856. The highest BCUT2D eigenvalue weighted by Crippen LogP contribution is 2.20. The van der Waals surface area contributed by atoms with Gasteiger partial charge < -0.3 is 14.2 Å². The van der Waals surface area contributed by atoms with Gasteiger partial charge in [0.25, 0.3) is 11.5 Å². The Kier molecular flexibility index (Phi) is 5.16. The van der Waals surface area contributed by atoms with Gasteiger partial charge in [0.1, 0.15) is 11.6 Å². The van der Waals surface area contributed by atoms with Crippen molar-refractivity contribution in [3.05, 3.63) is 64.3 Å². The summed E-state index contributed by atoms with van der Waals surface area (Å²) in [6.07, 6.45) is 3.48. The SMILES string of the molecule is Cn1ccc(C(=O)N2CCC[C@H](COc3ccc(F)cc3)C2)cc1=O. The molecule has 1 aromatic carbocycles. The zero-order chi connectivity index (χ0) is 17.8. The molecule has 0 N–H and O–H groups in total. The van der Waals surface area contributed by atoms with Gasteiger partial charge in [-0.25, -0.2) is 4.39 Å². The van der Waals surface area contributed by atoms with E-state index in [-0.39, 0.29) is 23.2 Å². The monoisotopic (exact) mass is 344 g/mol. The summed E-state index contributed by atoms with van der Waals surface area (Å²) >= 11 is 0. The predicted octanol–water partition coefficient (Wildman–Crippen LogP) is 2.46. The molecule has 6 heteroatoms. The van der Waals surface area contributed by atoms with Crippen LogP contribution in [0.4, 0.5) is 4.39 Å². The Hall–Kier alpha value is -2.63. The molecular formula is C19H21FN2O3. The Balaban J connectivity index is 1.60. The molecule has 1 aliphatic heterocycles.